The molecule has 1 aromatic rings. The fraction of sp³-hybridized carbons (Fsp3) is 0.769. The van der Waals surface area contributed by atoms with Crippen LogP contribution >= 0.6 is 36.2 Å². The van der Waals surface area contributed by atoms with E-state index < -0.39 is 5.60 Å². The molecule has 0 spiro atoms. The van der Waals surface area contributed by atoms with Crippen LogP contribution in [0.2, 0.25) is 0 Å². The molecule has 1 unspecified atom stereocenters. The lowest BCUT2D eigenvalue weighted by Gasteiger charge is -2.32. The predicted octanol–water partition coefficient (Wildman–Crippen LogP) is 1.85. The Bertz CT molecular complexity index is 375. The Morgan fingerprint density at radius 2 is 2.15 bits per heavy atom. The minimum atomic E-state index is -0.563. The Kier molecular flexibility index (Phi) is 9.22. The number of rotatable bonds is 5. The summed E-state index contributed by atoms with van der Waals surface area (Å²) in [5, 5.41) is 18.1. The van der Waals surface area contributed by atoms with E-state index in [4.69, 9.17) is 0 Å². The summed E-state index contributed by atoms with van der Waals surface area (Å²) in [5.41, 5.74) is 0.581. The number of hydrogen-bond acceptors (Lipinski definition) is 5. The summed E-state index contributed by atoms with van der Waals surface area (Å²) >= 11 is 1.77. The van der Waals surface area contributed by atoms with Crippen molar-refractivity contribution in [3.63, 3.8) is 0 Å². The number of piperidine rings is 1. The highest BCUT2D eigenvalue weighted by atomic mass is 35.5. The smallest absolute Gasteiger partial charge is 0.0943 e. The van der Waals surface area contributed by atoms with Gasteiger partial charge in [-0.15, -0.1) is 36.2 Å². The van der Waals surface area contributed by atoms with Gasteiger partial charge in [0.15, 0.2) is 0 Å². The molecule has 3 N–H and O–H groups in total. The molecule has 1 atom stereocenters. The molecular weight excluding hydrogens is 317 g/mol. The van der Waals surface area contributed by atoms with Gasteiger partial charge in [0.1, 0.15) is 0 Å². The summed E-state index contributed by atoms with van der Waals surface area (Å²) < 4.78 is 0. The van der Waals surface area contributed by atoms with E-state index in [0.717, 1.165) is 38.0 Å². The van der Waals surface area contributed by atoms with Crippen molar-refractivity contribution < 1.29 is 5.11 Å². The maximum absolute atomic E-state index is 10.3. The van der Waals surface area contributed by atoms with Crippen molar-refractivity contribution >= 4 is 36.2 Å². The number of nitrogens with zero attached hydrogens (tertiary/aromatic N) is 1. The van der Waals surface area contributed by atoms with E-state index in [1.54, 1.807) is 11.3 Å². The Labute approximate surface area is 137 Å². The third-order valence-electron chi connectivity index (χ3n) is 3.49. The van der Waals surface area contributed by atoms with Crippen LogP contribution in [-0.2, 0) is 6.42 Å². The molecule has 0 saturated carbocycles. The van der Waals surface area contributed by atoms with Gasteiger partial charge in [-0.3, -0.25) is 0 Å². The molecule has 118 valence electrons. The number of aliphatic hydroxyl groups is 1. The molecule has 20 heavy (non-hydrogen) atoms. The van der Waals surface area contributed by atoms with Crippen molar-refractivity contribution in [2.45, 2.75) is 38.7 Å². The first-order valence-corrected chi connectivity index (χ1v) is 7.47. The van der Waals surface area contributed by atoms with E-state index in [2.05, 4.69) is 29.5 Å². The first kappa shape index (κ1) is 20.1. The van der Waals surface area contributed by atoms with Gasteiger partial charge in [0, 0.05) is 30.9 Å². The van der Waals surface area contributed by atoms with Crippen LogP contribution in [0.1, 0.15) is 28.4 Å². The average molecular weight is 342 g/mol. The summed E-state index contributed by atoms with van der Waals surface area (Å²) in [6.45, 7) is 7.45. The lowest BCUT2D eigenvalue weighted by molar-refractivity contribution is 0.0174. The fourth-order valence-corrected chi connectivity index (χ4v) is 3.20. The highest BCUT2D eigenvalue weighted by molar-refractivity contribution is 7.11. The molecule has 1 aliphatic rings. The molecular formula is C13H25Cl2N3OS. The first-order valence-electron chi connectivity index (χ1n) is 6.66. The van der Waals surface area contributed by atoms with Crippen LogP contribution in [0.5, 0.6) is 0 Å². The molecule has 2 rings (SSSR count). The van der Waals surface area contributed by atoms with Crippen LogP contribution in [0.4, 0.5) is 0 Å². The number of hydrogen-bond donors (Lipinski definition) is 3. The van der Waals surface area contributed by atoms with Gasteiger partial charge in [0.2, 0.25) is 0 Å². The average Bonchev–Trinajstić information content (AvgIpc) is 2.66. The van der Waals surface area contributed by atoms with Crippen molar-refractivity contribution in [2.24, 2.45) is 0 Å². The molecule has 1 saturated heterocycles. The zero-order valence-electron chi connectivity index (χ0n) is 12.1. The Hall–Kier alpha value is 0.0900. The molecule has 0 aliphatic carbocycles. The van der Waals surface area contributed by atoms with Crippen molar-refractivity contribution in [1.82, 2.24) is 15.6 Å². The van der Waals surface area contributed by atoms with E-state index in [1.165, 1.54) is 9.88 Å². The van der Waals surface area contributed by atoms with Crippen LogP contribution < -0.4 is 10.6 Å². The number of aryl methyl sites for hydroxylation is 2. The maximum atomic E-state index is 10.3. The van der Waals surface area contributed by atoms with Crippen molar-refractivity contribution in [1.29, 1.82) is 0 Å². The quantitative estimate of drug-likeness (QED) is 0.715. The highest BCUT2D eigenvalue weighted by Crippen LogP contribution is 2.17. The lowest BCUT2D eigenvalue weighted by atomic mass is 9.94. The van der Waals surface area contributed by atoms with Crippen LogP contribution in [0.3, 0.4) is 0 Å². The van der Waals surface area contributed by atoms with E-state index in [1.807, 2.05) is 0 Å². The topological polar surface area (TPSA) is 57.2 Å². The van der Waals surface area contributed by atoms with Crippen molar-refractivity contribution in [2.75, 3.05) is 26.2 Å². The number of nitrogens with one attached hydrogen (secondary N) is 2. The summed E-state index contributed by atoms with van der Waals surface area (Å²) in [7, 11) is 0. The number of thiazole rings is 1. The molecule has 1 aliphatic heterocycles. The molecule has 0 bridgehead atoms. The van der Waals surface area contributed by atoms with Gasteiger partial charge in [-0.1, -0.05) is 0 Å². The van der Waals surface area contributed by atoms with Gasteiger partial charge in [-0.25, -0.2) is 4.98 Å². The molecule has 1 fully saturated rings. The van der Waals surface area contributed by atoms with Crippen LogP contribution in [-0.4, -0.2) is 41.9 Å². The van der Waals surface area contributed by atoms with E-state index in [9.17, 15) is 5.11 Å². The predicted molar refractivity (Wildman–Crippen MR) is 89.7 cm³/mol. The summed E-state index contributed by atoms with van der Waals surface area (Å²) in [6.07, 6.45) is 2.90. The standard InChI is InChI=1S/C13H23N3OS.2ClH/c1-10-11(2)18-12(16-10)4-7-15-9-13(17)5-3-6-14-8-13;;/h14-15,17H,3-9H2,1-2H3;2*1H. The van der Waals surface area contributed by atoms with Crippen LogP contribution in [0.25, 0.3) is 0 Å². The largest absolute Gasteiger partial charge is 0.387 e. The second-order valence-electron chi connectivity index (χ2n) is 5.18. The third kappa shape index (κ3) is 5.84. The van der Waals surface area contributed by atoms with Crippen molar-refractivity contribution in [3.05, 3.63) is 15.6 Å². The summed E-state index contributed by atoms with van der Waals surface area (Å²) in [4.78, 5) is 5.82. The zero-order valence-corrected chi connectivity index (χ0v) is 14.5. The van der Waals surface area contributed by atoms with E-state index in [-0.39, 0.29) is 24.8 Å². The SMILES string of the molecule is Cc1nc(CCNCC2(O)CCCNC2)sc1C.Cl.Cl. The lowest BCUT2D eigenvalue weighted by Crippen LogP contribution is -2.52. The molecule has 0 aromatic carbocycles. The molecule has 4 nitrogen and oxygen atoms in total. The van der Waals surface area contributed by atoms with Gasteiger partial charge in [0.05, 0.1) is 16.3 Å². The highest BCUT2D eigenvalue weighted by Gasteiger charge is 2.28. The van der Waals surface area contributed by atoms with Crippen LogP contribution in [0.15, 0.2) is 0 Å². The second-order valence-corrected chi connectivity index (χ2v) is 6.47. The fourth-order valence-electron chi connectivity index (χ4n) is 2.27. The molecule has 0 amide bonds. The molecule has 0 radical (unpaired) electrons. The van der Waals surface area contributed by atoms with Gasteiger partial charge >= 0.3 is 0 Å². The minimum Gasteiger partial charge on any atom is -0.387 e. The zero-order chi connectivity index (χ0) is 13.0. The summed E-state index contributed by atoms with van der Waals surface area (Å²) in [6, 6.07) is 0. The number of halogens is 2. The Balaban J connectivity index is 0.00000180. The maximum Gasteiger partial charge on any atom is 0.0943 e. The van der Waals surface area contributed by atoms with Gasteiger partial charge < -0.3 is 15.7 Å². The first-order chi connectivity index (χ1) is 8.59. The monoisotopic (exact) mass is 341 g/mol. The van der Waals surface area contributed by atoms with E-state index in [0.29, 0.717) is 13.1 Å². The Morgan fingerprint density at radius 1 is 1.40 bits per heavy atom. The number of β-amino-alcohol motifs (C(OH)–C–C–N with tert-alkyl or cyclic N) is 1. The van der Waals surface area contributed by atoms with Gasteiger partial charge in [0.25, 0.3) is 0 Å². The summed E-state index contributed by atoms with van der Waals surface area (Å²) in [5.74, 6) is 0. The minimum absolute atomic E-state index is 0. The number of aromatic nitrogens is 1. The second kappa shape index (κ2) is 9.18. The van der Waals surface area contributed by atoms with Gasteiger partial charge in [-0.05, 0) is 33.2 Å². The molecule has 7 heteroatoms. The van der Waals surface area contributed by atoms with E-state index >= 15 is 0 Å². The third-order valence-corrected chi connectivity index (χ3v) is 4.62. The van der Waals surface area contributed by atoms with Crippen LogP contribution in [0, 0.1) is 13.8 Å². The Morgan fingerprint density at radius 3 is 2.70 bits per heavy atom. The van der Waals surface area contributed by atoms with Crippen molar-refractivity contribution in [3.8, 4) is 0 Å². The van der Waals surface area contributed by atoms with Gasteiger partial charge in [-0.2, -0.15) is 0 Å². The molecule has 2 heterocycles. The molecule has 1 aromatic heterocycles. The normalized spacial score (nSPS) is 21.9.